The van der Waals surface area contributed by atoms with Gasteiger partial charge in [-0.05, 0) is 37.1 Å². The highest BCUT2D eigenvalue weighted by molar-refractivity contribution is 5.21. The first kappa shape index (κ1) is 12.1. The molecule has 1 aromatic rings. The van der Waals surface area contributed by atoms with E-state index in [-0.39, 0.29) is 5.92 Å². The van der Waals surface area contributed by atoms with Crippen molar-refractivity contribution in [2.24, 2.45) is 5.92 Å². The van der Waals surface area contributed by atoms with Crippen molar-refractivity contribution < 1.29 is 13.9 Å². The maximum Gasteiger partial charge on any atom is 0.126 e. The smallest absolute Gasteiger partial charge is 0.126 e. The predicted octanol–water partition coefficient (Wildman–Crippen LogP) is 1.96. The van der Waals surface area contributed by atoms with Gasteiger partial charge < -0.3 is 10.0 Å². The third-order valence-corrected chi connectivity index (χ3v) is 4.33. The lowest BCUT2D eigenvalue weighted by molar-refractivity contribution is -0.0439. The second-order valence-electron chi connectivity index (χ2n) is 5.59. The Balaban J connectivity index is 1.82. The van der Waals surface area contributed by atoms with E-state index in [4.69, 9.17) is 0 Å². The van der Waals surface area contributed by atoms with Crippen molar-refractivity contribution >= 4 is 0 Å². The maximum absolute atomic E-state index is 13.2. The summed E-state index contributed by atoms with van der Waals surface area (Å²) in [6, 6.07) is 3.51. The van der Waals surface area contributed by atoms with Crippen LogP contribution in [-0.2, 0) is 6.42 Å². The van der Waals surface area contributed by atoms with Crippen LogP contribution < -0.4 is 0 Å². The van der Waals surface area contributed by atoms with Gasteiger partial charge in [0.1, 0.15) is 11.6 Å². The van der Waals surface area contributed by atoms with Crippen molar-refractivity contribution in [3.63, 3.8) is 0 Å². The molecule has 0 amide bonds. The lowest BCUT2D eigenvalue weighted by Gasteiger charge is -2.39. The van der Waals surface area contributed by atoms with Gasteiger partial charge in [0, 0.05) is 31.5 Å². The molecule has 4 heteroatoms. The monoisotopic (exact) mass is 253 g/mol. The molecule has 0 radical (unpaired) electrons. The van der Waals surface area contributed by atoms with Gasteiger partial charge in [0.05, 0.1) is 5.60 Å². The van der Waals surface area contributed by atoms with Crippen LogP contribution in [0.5, 0.6) is 0 Å². The summed E-state index contributed by atoms with van der Waals surface area (Å²) >= 11 is 0. The number of halogens is 2. The standard InChI is InChI=1S/C14H17F2NO/c15-12-5-10(6-13(16)7-12)8-14(18)2-4-17-3-1-11(14)9-17/h5-7,11,18H,1-4,8-9H2. The first-order chi connectivity index (χ1) is 8.55. The molecular formula is C14H17F2NO. The third-order valence-electron chi connectivity index (χ3n) is 4.33. The zero-order valence-corrected chi connectivity index (χ0v) is 10.2. The second-order valence-corrected chi connectivity index (χ2v) is 5.59. The molecule has 2 heterocycles. The summed E-state index contributed by atoms with van der Waals surface area (Å²) in [5.74, 6) is -0.910. The molecule has 18 heavy (non-hydrogen) atoms. The molecule has 2 aliphatic heterocycles. The van der Waals surface area contributed by atoms with Crippen molar-refractivity contribution in [2.75, 3.05) is 19.6 Å². The van der Waals surface area contributed by atoms with Crippen LogP contribution in [-0.4, -0.2) is 35.2 Å². The molecule has 0 spiro atoms. The molecule has 2 saturated heterocycles. The van der Waals surface area contributed by atoms with Crippen LogP contribution in [0.15, 0.2) is 18.2 Å². The molecule has 3 rings (SSSR count). The predicted molar refractivity (Wildman–Crippen MR) is 64.2 cm³/mol. The minimum atomic E-state index is -0.798. The van der Waals surface area contributed by atoms with Crippen LogP contribution in [0.4, 0.5) is 8.78 Å². The van der Waals surface area contributed by atoms with E-state index >= 15 is 0 Å². The topological polar surface area (TPSA) is 23.5 Å². The Hall–Kier alpha value is -1.00. The van der Waals surface area contributed by atoms with Crippen molar-refractivity contribution in [1.29, 1.82) is 0 Å². The molecule has 2 bridgehead atoms. The fourth-order valence-corrected chi connectivity index (χ4v) is 3.33. The van der Waals surface area contributed by atoms with Crippen LogP contribution in [0.1, 0.15) is 18.4 Å². The van der Waals surface area contributed by atoms with Gasteiger partial charge in [-0.1, -0.05) is 0 Å². The van der Waals surface area contributed by atoms with Crippen LogP contribution >= 0.6 is 0 Å². The molecule has 0 aromatic heterocycles. The number of rotatable bonds is 2. The first-order valence-corrected chi connectivity index (χ1v) is 6.45. The summed E-state index contributed by atoms with van der Waals surface area (Å²) < 4.78 is 26.3. The molecule has 2 nitrogen and oxygen atoms in total. The number of benzene rings is 1. The second kappa shape index (κ2) is 4.28. The minimum absolute atomic E-state index is 0.234. The van der Waals surface area contributed by atoms with Gasteiger partial charge in [0.2, 0.25) is 0 Å². The highest BCUT2D eigenvalue weighted by Crippen LogP contribution is 2.37. The Bertz CT molecular complexity index is 445. The number of nitrogens with zero attached hydrogens (tertiary/aromatic N) is 1. The Morgan fingerprint density at radius 3 is 2.67 bits per heavy atom. The Morgan fingerprint density at radius 2 is 1.94 bits per heavy atom. The van der Waals surface area contributed by atoms with E-state index in [2.05, 4.69) is 4.90 Å². The van der Waals surface area contributed by atoms with Gasteiger partial charge in [0.15, 0.2) is 0 Å². The first-order valence-electron chi connectivity index (χ1n) is 6.45. The maximum atomic E-state index is 13.2. The van der Waals surface area contributed by atoms with Gasteiger partial charge in [-0.2, -0.15) is 0 Å². The zero-order chi connectivity index (χ0) is 12.8. The molecule has 1 N–H and O–H groups in total. The van der Waals surface area contributed by atoms with Gasteiger partial charge >= 0.3 is 0 Å². The lowest BCUT2D eigenvalue weighted by atomic mass is 9.78. The quantitative estimate of drug-likeness (QED) is 0.871. The highest BCUT2D eigenvalue weighted by atomic mass is 19.1. The molecular weight excluding hydrogens is 236 g/mol. The fraction of sp³-hybridized carbons (Fsp3) is 0.571. The summed E-state index contributed by atoms with van der Waals surface area (Å²) in [5.41, 5.74) is -0.247. The van der Waals surface area contributed by atoms with E-state index in [1.54, 1.807) is 0 Å². The van der Waals surface area contributed by atoms with Crippen molar-refractivity contribution in [1.82, 2.24) is 4.90 Å². The minimum Gasteiger partial charge on any atom is -0.389 e. The number of piperidine rings is 1. The lowest BCUT2D eigenvalue weighted by Crippen LogP contribution is -2.47. The van der Waals surface area contributed by atoms with E-state index in [1.165, 1.54) is 12.1 Å². The van der Waals surface area contributed by atoms with Crippen molar-refractivity contribution in [3.05, 3.63) is 35.4 Å². The van der Waals surface area contributed by atoms with Gasteiger partial charge in [0.25, 0.3) is 0 Å². The van der Waals surface area contributed by atoms with Gasteiger partial charge in [-0.25, -0.2) is 8.78 Å². The molecule has 3 atom stereocenters. The van der Waals surface area contributed by atoms with Crippen LogP contribution in [0.25, 0.3) is 0 Å². The average molecular weight is 253 g/mol. The number of aliphatic hydroxyl groups is 1. The molecule has 2 aliphatic rings. The van der Waals surface area contributed by atoms with E-state index in [0.29, 0.717) is 18.4 Å². The Morgan fingerprint density at radius 1 is 1.22 bits per heavy atom. The average Bonchev–Trinajstić information content (AvgIpc) is 2.68. The molecule has 2 fully saturated rings. The van der Waals surface area contributed by atoms with Crippen LogP contribution in [0.3, 0.4) is 0 Å². The SMILES string of the molecule is OC1(Cc2cc(F)cc(F)c2)CCN2CCC1C2. The summed E-state index contributed by atoms with van der Waals surface area (Å²) in [7, 11) is 0. The summed E-state index contributed by atoms with van der Waals surface area (Å²) in [4.78, 5) is 2.34. The normalized spacial score (nSPS) is 34.8. The summed E-state index contributed by atoms with van der Waals surface area (Å²) in [5, 5.41) is 10.7. The highest BCUT2D eigenvalue weighted by Gasteiger charge is 2.44. The molecule has 3 unspecified atom stereocenters. The van der Waals surface area contributed by atoms with E-state index in [9.17, 15) is 13.9 Å². The van der Waals surface area contributed by atoms with Crippen molar-refractivity contribution in [2.45, 2.75) is 24.9 Å². The van der Waals surface area contributed by atoms with Crippen LogP contribution in [0.2, 0.25) is 0 Å². The van der Waals surface area contributed by atoms with E-state index < -0.39 is 17.2 Å². The number of hydrogen-bond acceptors (Lipinski definition) is 2. The summed E-state index contributed by atoms with van der Waals surface area (Å²) in [6.07, 6.45) is 2.02. The van der Waals surface area contributed by atoms with E-state index in [1.807, 2.05) is 0 Å². The number of fused-ring (bicyclic) bond motifs is 2. The van der Waals surface area contributed by atoms with Crippen LogP contribution in [0, 0.1) is 17.6 Å². The van der Waals surface area contributed by atoms with Crippen molar-refractivity contribution in [3.8, 4) is 0 Å². The third kappa shape index (κ3) is 2.15. The van der Waals surface area contributed by atoms with Gasteiger partial charge in [-0.3, -0.25) is 0 Å². The Labute approximate surface area is 105 Å². The molecule has 0 saturated carbocycles. The Kier molecular flexibility index (Phi) is 2.87. The number of hydrogen-bond donors (Lipinski definition) is 1. The molecule has 0 aliphatic carbocycles. The largest absolute Gasteiger partial charge is 0.389 e. The summed E-state index contributed by atoms with van der Waals surface area (Å²) in [6.45, 7) is 2.82. The fourth-order valence-electron chi connectivity index (χ4n) is 3.33. The zero-order valence-electron chi connectivity index (χ0n) is 10.2. The van der Waals surface area contributed by atoms with Gasteiger partial charge in [-0.15, -0.1) is 0 Å². The van der Waals surface area contributed by atoms with E-state index in [0.717, 1.165) is 32.1 Å². The molecule has 1 aromatic carbocycles. The molecule has 98 valence electrons.